The average Bonchev–Trinajstić information content (AvgIpc) is 2.88. The van der Waals surface area contributed by atoms with E-state index in [0.717, 1.165) is 11.3 Å². The third-order valence-corrected chi connectivity index (χ3v) is 3.60. The minimum Gasteiger partial charge on any atom is -0.391 e. The second-order valence-corrected chi connectivity index (χ2v) is 6.87. The smallest absolute Gasteiger partial charge is 0.254 e. The van der Waals surface area contributed by atoms with E-state index < -0.39 is 6.10 Å². The summed E-state index contributed by atoms with van der Waals surface area (Å²) in [5.41, 5.74) is 2.16. The number of hydrogen-bond donors (Lipinski definition) is 2. The van der Waals surface area contributed by atoms with E-state index in [0.29, 0.717) is 12.0 Å². The zero-order chi connectivity index (χ0) is 17.0. The summed E-state index contributed by atoms with van der Waals surface area (Å²) in [4.78, 5) is 12.4. The fourth-order valence-electron chi connectivity index (χ4n) is 2.47. The van der Waals surface area contributed by atoms with Gasteiger partial charge in [0.05, 0.1) is 17.4 Å². The molecule has 0 saturated carbocycles. The Bertz CT molecular complexity index is 657. The van der Waals surface area contributed by atoms with E-state index in [-0.39, 0.29) is 17.9 Å². The monoisotopic (exact) mass is 315 g/mol. The molecule has 0 radical (unpaired) electrons. The highest BCUT2D eigenvalue weighted by Crippen LogP contribution is 2.24. The van der Waals surface area contributed by atoms with Crippen molar-refractivity contribution in [3.8, 4) is 0 Å². The molecule has 0 bridgehead atoms. The lowest BCUT2D eigenvalue weighted by Crippen LogP contribution is -2.34. The van der Waals surface area contributed by atoms with Crippen molar-refractivity contribution in [2.75, 3.05) is 6.54 Å². The van der Waals surface area contributed by atoms with Crippen molar-refractivity contribution in [1.82, 2.24) is 15.1 Å². The molecule has 2 N–H and O–H groups in total. The standard InChI is InChI=1S/C18H25N3O2/c1-18(2,3)16-15(12-21(4)20-16)17(23)19-11-14(22)10-13-8-6-5-7-9-13/h5-9,12,14,22H,10-11H2,1-4H3,(H,19,23). The predicted molar refractivity (Wildman–Crippen MR) is 90.4 cm³/mol. The molecule has 1 amide bonds. The number of aliphatic hydroxyl groups is 1. The van der Waals surface area contributed by atoms with E-state index in [1.165, 1.54) is 0 Å². The Balaban J connectivity index is 1.97. The Labute approximate surface area is 137 Å². The first-order valence-electron chi connectivity index (χ1n) is 7.81. The quantitative estimate of drug-likeness (QED) is 0.887. The van der Waals surface area contributed by atoms with Gasteiger partial charge in [0.2, 0.25) is 0 Å². The van der Waals surface area contributed by atoms with Gasteiger partial charge in [-0.05, 0) is 5.56 Å². The van der Waals surface area contributed by atoms with Crippen molar-refractivity contribution < 1.29 is 9.90 Å². The van der Waals surface area contributed by atoms with E-state index in [9.17, 15) is 9.90 Å². The fraction of sp³-hybridized carbons (Fsp3) is 0.444. The second-order valence-electron chi connectivity index (χ2n) is 6.87. The van der Waals surface area contributed by atoms with Crippen LogP contribution in [0.2, 0.25) is 0 Å². The van der Waals surface area contributed by atoms with E-state index in [4.69, 9.17) is 0 Å². The van der Waals surface area contributed by atoms with Gasteiger partial charge in [0.1, 0.15) is 0 Å². The molecular weight excluding hydrogens is 290 g/mol. The fourth-order valence-corrected chi connectivity index (χ4v) is 2.47. The SMILES string of the molecule is Cn1cc(C(=O)NCC(O)Cc2ccccc2)c(C(C)(C)C)n1. The summed E-state index contributed by atoms with van der Waals surface area (Å²) in [5, 5.41) is 17.3. The summed E-state index contributed by atoms with van der Waals surface area (Å²) in [6, 6.07) is 9.74. The molecule has 23 heavy (non-hydrogen) atoms. The molecule has 124 valence electrons. The van der Waals surface area contributed by atoms with E-state index in [1.54, 1.807) is 17.9 Å². The van der Waals surface area contributed by atoms with Crippen molar-refractivity contribution in [1.29, 1.82) is 0 Å². The van der Waals surface area contributed by atoms with Crippen LogP contribution < -0.4 is 5.32 Å². The van der Waals surface area contributed by atoms with Gasteiger partial charge in [-0.1, -0.05) is 51.1 Å². The second kappa shape index (κ2) is 6.96. The summed E-state index contributed by atoms with van der Waals surface area (Å²) < 4.78 is 1.65. The number of rotatable bonds is 5. The first kappa shape index (κ1) is 17.2. The van der Waals surface area contributed by atoms with Crippen LogP contribution in [0.5, 0.6) is 0 Å². The Morgan fingerprint density at radius 3 is 2.57 bits per heavy atom. The van der Waals surface area contributed by atoms with Crippen LogP contribution in [0.4, 0.5) is 0 Å². The van der Waals surface area contributed by atoms with Crippen molar-refractivity contribution in [3.05, 3.63) is 53.3 Å². The van der Waals surface area contributed by atoms with Crippen LogP contribution in [0, 0.1) is 0 Å². The summed E-state index contributed by atoms with van der Waals surface area (Å²) in [5.74, 6) is -0.199. The summed E-state index contributed by atoms with van der Waals surface area (Å²) in [7, 11) is 1.80. The molecule has 5 heteroatoms. The molecule has 5 nitrogen and oxygen atoms in total. The Hall–Kier alpha value is -2.14. The lowest BCUT2D eigenvalue weighted by molar-refractivity contribution is 0.0913. The van der Waals surface area contributed by atoms with Gasteiger partial charge in [0.15, 0.2) is 0 Å². The Morgan fingerprint density at radius 2 is 1.96 bits per heavy atom. The number of amides is 1. The molecule has 1 aromatic heterocycles. The molecule has 0 saturated heterocycles. The molecule has 0 fully saturated rings. The molecule has 0 aliphatic carbocycles. The van der Waals surface area contributed by atoms with Gasteiger partial charge < -0.3 is 10.4 Å². The molecule has 1 heterocycles. The van der Waals surface area contributed by atoms with E-state index in [2.05, 4.69) is 10.4 Å². The molecule has 0 spiro atoms. The van der Waals surface area contributed by atoms with Crippen LogP contribution in [0.15, 0.2) is 36.5 Å². The maximum Gasteiger partial charge on any atom is 0.254 e. The van der Waals surface area contributed by atoms with Gasteiger partial charge in [0.25, 0.3) is 5.91 Å². The normalized spacial score (nSPS) is 12.9. The minimum atomic E-state index is -0.615. The van der Waals surface area contributed by atoms with Gasteiger partial charge >= 0.3 is 0 Å². The van der Waals surface area contributed by atoms with Gasteiger partial charge in [-0.25, -0.2) is 0 Å². The number of aliphatic hydroxyl groups excluding tert-OH is 1. The largest absolute Gasteiger partial charge is 0.391 e. The lowest BCUT2D eigenvalue weighted by atomic mass is 9.89. The van der Waals surface area contributed by atoms with Crippen LogP contribution in [0.25, 0.3) is 0 Å². The highest BCUT2D eigenvalue weighted by Gasteiger charge is 2.25. The third kappa shape index (κ3) is 4.66. The zero-order valence-electron chi connectivity index (χ0n) is 14.2. The molecule has 1 atom stereocenters. The summed E-state index contributed by atoms with van der Waals surface area (Å²) >= 11 is 0. The van der Waals surface area contributed by atoms with Crippen LogP contribution in [0.1, 0.15) is 42.4 Å². The number of benzene rings is 1. The van der Waals surface area contributed by atoms with E-state index >= 15 is 0 Å². The third-order valence-electron chi connectivity index (χ3n) is 3.60. The van der Waals surface area contributed by atoms with Crippen LogP contribution >= 0.6 is 0 Å². The first-order chi connectivity index (χ1) is 10.8. The molecule has 2 aromatic rings. The molecule has 0 aliphatic rings. The number of nitrogens with zero attached hydrogens (tertiary/aromatic N) is 2. The zero-order valence-corrected chi connectivity index (χ0v) is 14.2. The molecule has 1 unspecified atom stereocenters. The van der Waals surface area contributed by atoms with Gasteiger partial charge in [-0.15, -0.1) is 0 Å². The number of nitrogens with one attached hydrogen (secondary N) is 1. The number of hydrogen-bond acceptors (Lipinski definition) is 3. The molecule has 1 aromatic carbocycles. The number of carbonyl (C=O) groups is 1. The minimum absolute atomic E-state index is 0.199. The highest BCUT2D eigenvalue weighted by molar-refractivity contribution is 5.95. The van der Waals surface area contributed by atoms with Crippen molar-refractivity contribution in [2.45, 2.75) is 38.7 Å². The molecular formula is C18H25N3O2. The average molecular weight is 315 g/mol. The summed E-state index contributed by atoms with van der Waals surface area (Å²) in [6.07, 6.45) is 1.62. The van der Waals surface area contributed by atoms with Crippen LogP contribution in [0.3, 0.4) is 0 Å². The highest BCUT2D eigenvalue weighted by atomic mass is 16.3. The van der Waals surface area contributed by atoms with E-state index in [1.807, 2.05) is 51.1 Å². The maximum atomic E-state index is 12.4. The first-order valence-corrected chi connectivity index (χ1v) is 7.81. The van der Waals surface area contributed by atoms with Gasteiger partial charge in [0, 0.05) is 31.6 Å². The Morgan fingerprint density at radius 1 is 1.30 bits per heavy atom. The number of carbonyl (C=O) groups excluding carboxylic acids is 1. The summed E-state index contributed by atoms with van der Waals surface area (Å²) in [6.45, 7) is 6.29. The Kier molecular flexibility index (Phi) is 5.21. The molecule has 2 rings (SSSR count). The van der Waals surface area contributed by atoms with Crippen molar-refractivity contribution in [3.63, 3.8) is 0 Å². The topological polar surface area (TPSA) is 67.2 Å². The predicted octanol–water partition coefficient (Wildman–Crippen LogP) is 2.05. The molecule has 0 aliphatic heterocycles. The van der Waals surface area contributed by atoms with Crippen molar-refractivity contribution >= 4 is 5.91 Å². The number of aromatic nitrogens is 2. The number of aryl methyl sites for hydroxylation is 1. The van der Waals surface area contributed by atoms with Gasteiger partial charge in [-0.2, -0.15) is 5.10 Å². The van der Waals surface area contributed by atoms with Crippen LogP contribution in [-0.4, -0.2) is 33.4 Å². The maximum absolute atomic E-state index is 12.4. The van der Waals surface area contributed by atoms with Crippen molar-refractivity contribution in [2.24, 2.45) is 7.05 Å². The lowest BCUT2D eigenvalue weighted by Gasteiger charge is -2.17. The van der Waals surface area contributed by atoms with Crippen LogP contribution in [-0.2, 0) is 18.9 Å². The van der Waals surface area contributed by atoms with Gasteiger partial charge in [-0.3, -0.25) is 9.48 Å².